The van der Waals surface area contributed by atoms with E-state index in [1.54, 1.807) is 40.7 Å². The van der Waals surface area contributed by atoms with E-state index in [-0.39, 0.29) is 18.2 Å². The molecule has 0 saturated carbocycles. The molecular weight excluding hydrogens is 464 g/mol. The Bertz CT molecular complexity index is 1180. The van der Waals surface area contributed by atoms with Crippen LogP contribution in [0.25, 0.3) is 0 Å². The Kier molecular flexibility index (Phi) is 7.26. The molecule has 0 atom stereocenters. The highest BCUT2D eigenvalue weighted by Gasteiger charge is 2.19. The molecule has 9 heteroatoms. The van der Waals surface area contributed by atoms with E-state index < -0.39 is 0 Å². The monoisotopic (exact) mass is 482 g/mol. The van der Waals surface area contributed by atoms with Crippen LogP contribution in [0.1, 0.15) is 16.3 Å². The second kappa shape index (κ2) is 10.5. The summed E-state index contributed by atoms with van der Waals surface area (Å²) in [7, 11) is 0. The molecule has 0 aliphatic heterocycles. The molecule has 0 fully saturated rings. The number of benzene rings is 1. The fourth-order valence-electron chi connectivity index (χ4n) is 3.03. The van der Waals surface area contributed by atoms with Crippen molar-refractivity contribution in [2.24, 2.45) is 0 Å². The zero-order chi connectivity index (χ0) is 22.3. The highest BCUT2D eigenvalue weighted by Crippen LogP contribution is 2.22. The number of rotatable bonds is 8. The standard InChI is InChI=1S/C23H19ClN4O2S2/c24-16-6-8-19(9-7-16)28(14-17-4-1-2-10-25-17)22(30)12-18-15-32-23(26-18)27-21(29)13-20-5-3-11-31-20/h1-11,15H,12-14H2,(H,26,27,29). The van der Waals surface area contributed by atoms with Gasteiger partial charge >= 0.3 is 0 Å². The van der Waals surface area contributed by atoms with Crippen LogP contribution in [0.15, 0.2) is 71.6 Å². The SMILES string of the molecule is O=C(Cc1cccs1)Nc1nc(CC(=O)N(Cc2ccccn2)c2ccc(Cl)cc2)cs1. The number of aromatic nitrogens is 2. The largest absolute Gasteiger partial charge is 0.306 e. The number of carbonyl (C=O) groups is 2. The van der Waals surface area contributed by atoms with E-state index in [0.717, 1.165) is 16.3 Å². The van der Waals surface area contributed by atoms with Gasteiger partial charge in [0.1, 0.15) is 0 Å². The van der Waals surface area contributed by atoms with E-state index in [1.165, 1.54) is 22.7 Å². The molecule has 0 radical (unpaired) electrons. The Morgan fingerprint density at radius 2 is 1.81 bits per heavy atom. The van der Waals surface area contributed by atoms with E-state index in [0.29, 0.717) is 28.8 Å². The van der Waals surface area contributed by atoms with Crippen molar-refractivity contribution in [3.8, 4) is 0 Å². The van der Waals surface area contributed by atoms with Crippen molar-refractivity contribution in [1.29, 1.82) is 0 Å². The van der Waals surface area contributed by atoms with Gasteiger partial charge < -0.3 is 10.2 Å². The number of hydrogen-bond donors (Lipinski definition) is 1. The topological polar surface area (TPSA) is 75.2 Å². The van der Waals surface area contributed by atoms with Gasteiger partial charge in [-0.1, -0.05) is 23.7 Å². The summed E-state index contributed by atoms with van der Waals surface area (Å²) in [5.74, 6) is -0.252. The number of carbonyl (C=O) groups excluding carboxylic acids is 2. The van der Waals surface area contributed by atoms with Gasteiger partial charge in [0.2, 0.25) is 11.8 Å². The molecule has 4 aromatic rings. The molecule has 0 aliphatic carbocycles. The number of amides is 2. The Balaban J connectivity index is 1.44. The van der Waals surface area contributed by atoms with Crippen LogP contribution in [-0.2, 0) is 29.0 Å². The zero-order valence-corrected chi connectivity index (χ0v) is 19.3. The van der Waals surface area contributed by atoms with E-state index in [9.17, 15) is 9.59 Å². The summed E-state index contributed by atoms with van der Waals surface area (Å²) in [6.07, 6.45) is 2.11. The van der Waals surface area contributed by atoms with Crippen LogP contribution in [0.4, 0.5) is 10.8 Å². The molecule has 0 saturated heterocycles. The molecular formula is C23H19ClN4O2S2. The van der Waals surface area contributed by atoms with Gasteiger partial charge in [-0.25, -0.2) is 4.98 Å². The van der Waals surface area contributed by atoms with E-state index in [1.807, 2.05) is 35.7 Å². The van der Waals surface area contributed by atoms with Crippen LogP contribution < -0.4 is 10.2 Å². The Morgan fingerprint density at radius 1 is 0.969 bits per heavy atom. The first-order chi connectivity index (χ1) is 15.6. The third kappa shape index (κ3) is 6.00. The molecule has 2 amide bonds. The average Bonchev–Trinajstić information content (AvgIpc) is 3.45. The maximum atomic E-state index is 13.2. The number of anilines is 2. The third-order valence-electron chi connectivity index (χ3n) is 4.53. The third-order valence-corrected chi connectivity index (χ3v) is 6.47. The Labute approximate surface area is 198 Å². The van der Waals surface area contributed by atoms with E-state index in [4.69, 9.17) is 11.6 Å². The predicted molar refractivity (Wildman–Crippen MR) is 129 cm³/mol. The highest BCUT2D eigenvalue weighted by atomic mass is 35.5. The molecule has 4 rings (SSSR count). The summed E-state index contributed by atoms with van der Waals surface area (Å²) in [6, 6.07) is 16.5. The van der Waals surface area contributed by atoms with Crippen molar-refractivity contribution in [3.05, 3.63) is 92.8 Å². The summed E-state index contributed by atoms with van der Waals surface area (Å²) in [4.78, 5) is 36.8. The fourth-order valence-corrected chi connectivity index (χ4v) is 4.58. The second-order valence-electron chi connectivity index (χ2n) is 6.90. The first kappa shape index (κ1) is 22.1. The Hall–Kier alpha value is -3.07. The molecule has 6 nitrogen and oxygen atoms in total. The van der Waals surface area contributed by atoms with Crippen molar-refractivity contribution in [2.75, 3.05) is 10.2 Å². The summed E-state index contributed by atoms with van der Waals surface area (Å²) < 4.78 is 0. The van der Waals surface area contributed by atoms with Gasteiger partial charge in [-0.2, -0.15) is 0 Å². The fraction of sp³-hybridized carbons (Fsp3) is 0.130. The number of nitrogens with one attached hydrogen (secondary N) is 1. The predicted octanol–water partition coefficient (Wildman–Crippen LogP) is 5.21. The summed E-state index contributed by atoms with van der Waals surface area (Å²) in [5, 5.41) is 7.62. The van der Waals surface area contributed by atoms with E-state index >= 15 is 0 Å². The lowest BCUT2D eigenvalue weighted by molar-refractivity contribution is -0.118. The lowest BCUT2D eigenvalue weighted by atomic mass is 10.2. The van der Waals surface area contributed by atoms with Crippen molar-refractivity contribution in [1.82, 2.24) is 9.97 Å². The van der Waals surface area contributed by atoms with Crippen molar-refractivity contribution in [3.63, 3.8) is 0 Å². The van der Waals surface area contributed by atoms with Crippen molar-refractivity contribution < 1.29 is 9.59 Å². The molecule has 0 aliphatic rings. The van der Waals surface area contributed by atoms with Gasteiger partial charge in [-0.05, 0) is 47.8 Å². The number of pyridine rings is 1. The number of hydrogen-bond acceptors (Lipinski definition) is 6. The van der Waals surface area contributed by atoms with Gasteiger partial charge in [-0.15, -0.1) is 22.7 Å². The number of halogens is 1. The normalized spacial score (nSPS) is 10.7. The number of thiophene rings is 1. The molecule has 0 bridgehead atoms. The zero-order valence-electron chi connectivity index (χ0n) is 16.9. The lowest BCUT2D eigenvalue weighted by Crippen LogP contribution is -2.32. The first-order valence-electron chi connectivity index (χ1n) is 9.79. The van der Waals surface area contributed by atoms with Crippen molar-refractivity contribution in [2.45, 2.75) is 19.4 Å². The molecule has 0 spiro atoms. The second-order valence-corrected chi connectivity index (χ2v) is 9.23. The van der Waals surface area contributed by atoms with Crippen LogP contribution in [0.3, 0.4) is 0 Å². The molecule has 32 heavy (non-hydrogen) atoms. The Morgan fingerprint density at radius 3 is 2.53 bits per heavy atom. The lowest BCUT2D eigenvalue weighted by Gasteiger charge is -2.22. The highest BCUT2D eigenvalue weighted by molar-refractivity contribution is 7.14. The van der Waals surface area contributed by atoms with Crippen LogP contribution in [-0.4, -0.2) is 21.8 Å². The van der Waals surface area contributed by atoms with E-state index in [2.05, 4.69) is 15.3 Å². The van der Waals surface area contributed by atoms with Crippen molar-refractivity contribution >= 4 is 56.9 Å². The maximum Gasteiger partial charge on any atom is 0.233 e. The minimum atomic E-state index is -0.127. The smallest absolute Gasteiger partial charge is 0.233 e. The number of thiazole rings is 1. The summed E-state index contributed by atoms with van der Waals surface area (Å²) in [5.41, 5.74) is 2.10. The van der Waals surface area contributed by atoms with Crippen LogP contribution >= 0.6 is 34.3 Å². The molecule has 1 N–H and O–H groups in total. The molecule has 0 unspecified atom stereocenters. The van der Waals surface area contributed by atoms with Crippen LogP contribution in [0.2, 0.25) is 5.02 Å². The molecule has 1 aromatic carbocycles. The van der Waals surface area contributed by atoms with Gasteiger partial charge in [0.15, 0.2) is 5.13 Å². The first-order valence-corrected chi connectivity index (χ1v) is 11.9. The summed E-state index contributed by atoms with van der Waals surface area (Å²) >= 11 is 8.86. The van der Waals surface area contributed by atoms with Gasteiger partial charge in [0, 0.05) is 27.2 Å². The molecule has 3 heterocycles. The van der Waals surface area contributed by atoms with Gasteiger partial charge in [0.05, 0.1) is 30.8 Å². The average molecular weight is 483 g/mol. The minimum absolute atomic E-state index is 0.104. The maximum absolute atomic E-state index is 13.2. The van der Waals surface area contributed by atoms with Crippen LogP contribution in [0, 0.1) is 0 Å². The summed E-state index contributed by atoms with van der Waals surface area (Å²) in [6.45, 7) is 0.329. The van der Waals surface area contributed by atoms with Gasteiger partial charge in [0.25, 0.3) is 0 Å². The minimum Gasteiger partial charge on any atom is -0.306 e. The number of nitrogens with zero attached hydrogens (tertiary/aromatic N) is 3. The quantitative estimate of drug-likeness (QED) is 0.374. The van der Waals surface area contributed by atoms with Gasteiger partial charge in [-0.3, -0.25) is 14.6 Å². The molecule has 3 aromatic heterocycles. The van der Waals surface area contributed by atoms with Crippen LogP contribution in [0.5, 0.6) is 0 Å². The molecule has 162 valence electrons.